The number of fused-ring (bicyclic) bond motifs is 1. The first-order chi connectivity index (χ1) is 12.7. The highest BCUT2D eigenvalue weighted by atomic mass is 16.5. The van der Waals surface area contributed by atoms with Gasteiger partial charge in [-0.05, 0) is 67.1 Å². The molecule has 2 aliphatic rings. The van der Waals surface area contributed by atoms with Crippen molar-refractivity contribution in [1.82, 2.24) is 0 Å². The van der Waals surface area contributed by atoms with Gasteiger partial charge in [-0.3, -0.25) is 4.79 Å². The SMILES string of the molecule is COc1cc(CC(=O)C2=C(C)CC[C@H]3C(C)(C)CCC[C@]23C)cc(OC)c1. The molecule has 1 saturated carbocycles. The minimum Gasteiger partial charge on any atom is -0.497 e. The van der Waals surface area contributed by atoms with Crippen molar-refractivity contribution in [3.63, 3.8) is 0 Å². The van der Waals surface area contributed by atoms with Crippen molar-refractivity contribution >= 4 is 5.78 Å². The van der Waals surface area contributed by atoms with E-state index in [1.54, 1.807) is 14.2 Å². The number of Topliss-reactive ketones (excluding diaryl/α,β-unsaturated/α-hetero) is 1. The summed E-state index contributed by atoms with van der Waals surface area (Å²) in [6.45, 7) is 9.30. The molecule has 1 aromatic rings. The molecule has 27 heavy (non-hydrogen) atoms. The number of methoxy groups -OCH3 is 2. The summed E-state index contributed by atoms with van der Waals surface area (Å²) in [4.78, 5) is 13.5. The first kappa shape index (κ1) is 20.0. The number of hydrogen-bond donors (Lipinski definition) is 0. The summed E-state index contributed by atoms with van der Waals surface area (Å²) in [6.07, 6.45) is 6.26. The maximum Gasteiger partial charge on any atom is 0.163 e. The van der Waals surface area contributed by atoms with Crippen LogP contribution in [0.5, 0.6) is 11.5 Å². The molecule has 0 unspecified atom stereocenters. The van der Waals surface area contributed by atoms with Crippen molar-refractivity contribution < 1.29 is 14.3 Å². The quantitative estimate of drug-likeness (QED) is 0.661. The Labute approximate surface area is 164 Å². The molecule has 0 N–H and O–H groups in total. The van der Waals surface area contributed by atoms with Crippen LogP contribution in [-0.2, 0) is 11.2 Å². The lowest BCUT2D eigenvalue weighted by Crippen LogP contribution is -2.47. The van der Waals surface area contributed by atoms with Crippen molar-refractivity contribution in [3.8, 4) is 11.5 Å². The van der Waals surface area contributed by atoms with E-state index in [1.807, 2.05) is 18.2 Å². The Bertz CT molecular complexity index is 737. The van der Waals surface area contributed by atoms with E-state index in [0.717, 1.165) is 35.5 Å². The number of benzene rings is 1. The van der Waals surface area contributed by atoms with Crippen LogP contribution in [0, 0.1) is 16.7 Å². The van der Waals surface area contributed by atoms with Gasteiger partial charge in [0, 0.05) is 18.1 Å². The van der Waals surface area contributed by atoms with E-state index in [-0.39, 0.29) is 11.2 Å². The third-order valence-corrected chi connectivity index (χ3v) is 7.09. The van der Waals surface area contributed by atoms with Crippen molar-refractivity contribution in [2.45, 2.75) is 66.2 Å². The zero-order valence-corrected chi connectivity index (χ0v) is 17.8. The van der Waals surface area contributed by atoms with Gasteiger partial charge in [0.05, 0.1) is 14.2 Å². The number of ether oxygens (including phenoxy) is 2. The van der Waals surface area contributed by atoms with Crippen LogP contribution in [0.1, 0.15) is 65.4 Å². The molecule has 0 spiro atoms. The second kappa shape index (κ2) is 7.33. The number of carbonyl (C=O) groups is 1. The van der Waals surface area contributed by atoms with Crippen molar-refractivity contribution in [3.05, 3.63) is 34.9 Å². The third kappa shape index (κ3) is 3.66. The molecule has 148 valence electrons. The van der Waals surface area contributed by atoms with Gasteiger partial charge in [-0.1, -0.05) is 32.8 Å². The lowest BCUT2D eigenvalue weighted by atomic mass is 9.49. The number of allylic oxidation sites excluding steroid dienone is 2. The summed E-state index contributed by atoms with van der Waals surface area (Å²) >= 11 is 0. The predicted octanol–water partition coefficient (Wildman–Crippen LogP) is 5.76. The highest BCUT2D eigenvalue weighted by Gasteiger charge is 2.51. The van der Waals surface area contributed by atoms with E-state index >= 15 is 0 Å². The number of rotatable bonds is 5. The highest BCUT2D eigenvalue weighted by Crippen LogP contribution is 2.59. The van der Waals surface area contributed by atoms with Crippen molar-refractivity contribution in [2.24, 2.45) is 16.7 Å². The Morgan fingerprint density at radius 2 is 1.70 bits per heavy atom. The molecule has 3 heteroatoms. The minimum absolute atomic E-state index is 0.00409. The maximum absolute atomic E-state index is 13.5. The zero-order chi connectivity index (χ0) is 19.8. The fraction of sp³-hybridized carbons (Fsp3) is 0.625. The molecule has 0 aliphatic heterocycles. The number of hydrogen-bond acceptors (Lipinski definition) is 3. The van der Waals surface area contributed by atoms with Gasteiger partial charge in [0.2, 0.25) is 0 Å². The maximum atomic E-state index is 13.5. The fourth-order valence-electron chi connectivity index (χ4n) is 5.90. The summed E-state index contributed by atoms with van der Waals surface area (Å²) in [5, 5.41) is 0. The van der Waals surface area contributed by atoms with E-state index in [2.05, 4.69) is 27.7 Å². The van der Waals surface area contributed by atoms with Crippen LogP contribution in [0.25, 0.3) is 0 Å². The molecule has 0 radical (unpaired) electrons. The van der Waals surface area contributed by atoms with E-state index in [1.165, 1.54) is 24.8 Å². The topological polar surface area (TPSA) is 35.5 Å². The summed E-state index contributed by atoms with van der Waals surface area (Å²) in [5.41, 5.74) is 3.67. The fourth-order valence-corrected chi connectivity index (χ4v) is 5.90. The van der Waals surface area contributed by atoms with E-state index in [9.17, 15) is 4.79 Å². The normalized spacial score (nSPS) is 27.1. The van der Waals surface area contributed by atoms with Crippen molar-refractivity contribution in [1.29, 1.82) is 0 Å². The molecule has 0 heterocycles. The van der Waals surface area contributed by atoms with Crippen molar-refractivity contribution in [2.75, 3.05) is 14.2 Å². The van der Waals surface area contributed by atoms with Gasteiger partial charge >= 0.3 is 0 Å². The van der Waals surface area contributed by atoms with Crippen LogP contribution in [0.2, 0.25) is 0 Å². The summed E-state index contributed by atoms with van der Waals surface area (Å²) in [6, 6.07) is 5.74. The Balaban J connectivity index is 1.93. The number of ketones is 1. The van der Waals surface area contributed by atoms with Crippen LogP contribution in [0.3, 0.4) is 0 Å². The molecule has 1 fully saturated rings. The summed E-state index contributed by atoms with van der Waals surface area (Å²) in [7, 11) is 3.29. The van der Waals surface area contributed by atoms with Gasteiger partial charge in [-0.25, -0.2) is 0 Å². The first-order valence-electron chi connectivity index (χ1n) is 10.2. The number of carbonyl (C=O) groups excluding carboxylic acids is 1. The standard InChI is InChI=1S/C24H34O3/c1-16-8-9-21-23(2,3)10-7-11-24(21,4)22(16)20(25)14-17-12-18(26-5)15-19(13-17)27-6/h12-13,15,21H,7-11,14H2,1-6H3/t21-,24-/m0/s1. The molecule has 3 nitrogen and oxygen atoms in total. The molecule has 1 aromatic carbocycles. The molecule has 2 atom stereocenters. The smallest absolute Gasteiger partial charge is 0.163 e. The van der Waals surface area contributed by atoms with Crippen LogP contribution >= 0.6 is 0 Å². The molecule has 3 rings (SSSR count). The van der Waals surface area contributed by atoms with Crippen LogP contribution in [0.4, 0.5) is 0 Å². The third-order valence-electron chi connectivity index (χ3n) is 7.09. The Hall–Kier alpha value is -1.77. The van der Waals surface area contributed by atoms with E-state index in [0.29, 0.717) is 17.8 Å². The predicted molar refractivity (Wildman–Crippen MR) is 109 cm³/mol. The molecule has 0 aromatic heterocycles. The molecule has 0 saturated heterocycles. The Morgan fingerprint density at radius 1 is 1.07 bits per heavy atom. The monoisotopic (exact) mass is 370 g/mol. The van der Waals surface area contributed by atoms with Crippen LogP contribution in [-0.4, -0.2) is 20.0 Å². The summed E-state index contributed by atoms with van der Waals surface area (Å²) in [5.74, 6) is 2.32. The largest absolute Gasteiger partial charge is 0.497 e. The molecule has 0 bridgehead atoms. The zero-order valence-electron chi connectivity index (χ0n) is 17.8. The average molecular weight is 371 g/mol. The minimum atomic E-state index is 0.00409. The second-order valence-corrected chi connectivity index (χ2v) is 9.33. The lowest BCUT2D eigenvalue weighted by molar-refractivity contribution is -0.118. The van der Waals surface area contributed by atoms with Gasteiger partial charge in [0.25, 0.3) is 0 Å². The Morgan fingerprint density at radius 3 is 2.30 bits per heavy atom. The summed E-state index contributed by atoms with van der Waals surface area (Å²) < 4.78 is 10.8. The Kier molecular flexibility index (Phi) is 5.42. The van der Waals surface area contributed by atoms with Gasteiger partial charge in [0.1, 0.15) is 11.5 Å². The van der Waals surface area contributed by atoms with E-state index < -0.39 is 0 Å². The lowest BCUT2D eigenvalue weighted by Gasteiger charge is -2.54. The van der Waals surface area contributed by atoms with Gasteiger partial charge < -0.3 is 9.47 Å². The molecule has 0 amide bonds. The second-order valence-electron chi connectivity index (χ2n) is 9.33. The van der Waals surface area contributed by atoms with Gasteiger partial charge in [0.15, 0.2) is 5.78 Å². The molecular formula is C24H34O3. The molecular weight excluding hydrogens is 336 g/mol. The van der Waals surface area contributed by atoms with Gasteiger partial charge in [-0.2, -0.15) is 0 Å². The first-order valence-corrected chi connectivity index (χ1v) is 10.2. The highest BCUT2D eigenvalue weighted by molar-refractivity contribution is 5.99. The van der Waals surface area contributed by atoms with Gasteiger partial charge in [-0.15, -0.1) is 0 Å². The van der Waals surface area contributed by atoms with Crippen LogP contribution in [0.15, 0.2) is 29.3 Å². The van der Waals surface area contributed by atoms with Crippen LogP contribution < -0.4 is 9.47 Å². The average Bonchev–Trinajstić information content (AvgIpc) is 2.59. The molecule has 2 aliphatic carbocycles. The van der Waals surface area contributed by atoms with E-state index in [4.69, 9.17) is 9.47 Å².